The molecular formula is C22H22F2N2O2S. The minimum Gasteiger partial charge on any atom is -0.486 e. The molecule has 0 spiro atoms. The van der Waals surface area contributed by atoms with Crippen molar-refractivity contribution in [3.05, 3.63) is 75.7 Å². The Labute approximate surface area is 172 Å². The first kappa shape index (κ1) is 20.9. The number of rotatable bonds is 6. The number of hydrogen-bond donors (Lipinski definition) is 1. The van der Waals surface area contributed by atoms with Crippen LogP contribution < -0.4 is 10.1 Å². The maximum absolute atomic E-state index is 14.3. The number of carbonyl (C=O) groups excluding carboxylic acids is 1. The van der Waals surface area contributed by atoms with Gasteiger partial charge < -0.3 is 10.1 Å². The number of aromatic nitrogens is 1. The standard InChI is InChI=1S/C22H22F2N2O2S/c1-22(2,3)21-26-17(13-29-21)11-20(27)25-16-7-8-19(18(24)10-16)28-12-14-5-4-6-15(23)9-14/h4-10,13H,11-12H2,1-3H3,(H,25,27). The normalized spacial score (nSPS) is 11.3. The monoisotopic (exact) mass is 416 g/mol. The summed E-state index contributed by atoms with van der Waals surface area (Å²) in [6.07, 6.45) is 0.117. The van der Waals surface area contributed by atoms with Crippen molar-refractivity contribution in [3.8, 4) is 5.75 Å². The van der Waals surface area contributed by atoms with E-state index < -0.39 is 5.82 Å². The third kappa shape index (κ3) is 5.84. The van der Waals surface area contributed by atoms with Gasteiger partial charge in [0.2, 0.25) is 5.91 Å². The molecule has 0 saturated carbocycles. The molecule has 3 aromatic rings. The SMILES string of the molecule is CC(C)(C)c1nc(CC(=O)Nc2ccc(OCc3cccc(F)c3)c(F)c2)cs1. The van der Waals surface area contributed by atoms with Crippen LogP contribution in [0.1, 0.15) is 37.0 Å². The fraction of sp³-hybridized carbons (Fsp3) is 0.273. The van der Waals surface area contributed by atoms with E-state index in [0.717, 1.165) is 5.01 Å². The Morgan fingerprint density at radius 2 is 1.97 bits per heavy atom. The van der Waals surface area contributed by atoms with Gasteiger partial charge in [0.05, 0.1) is 17.1 Å². The zero-order chi connectivity index (χ0) is 21.0. The molecule has 152 valence electrons. The molecule has 0 fully saturated rings. The van der Waals surface area contributed by atoms with Gasteiger partial charge in [0, 0.05) is 22.5 Å². The average molecular weight is 416 g/mol. The zero-order valence-electron chi connectivity index (χ0n) is 16.5. The largest absolute Gasteiger partial charge is 0.486 e. The summed E-state index contributed by atoms with van der Waals surface area (Å²) in [5.41, 5.74) is 1.55. The molecule has 0 aliphatic rings. The van der Waals surface area contributed by atoms with E-state index in [1.54, 1.807) is 18.2 Å². The number of hydrogen-bond acceptors (Lipinski definition) is 4. The van der Waals surface area contributed by atoms with Gasteiger partial charge in [-0.2, -0.15) is 0 Å². The van der Waals surface area contributed by atoms with E-state index in [1.807, 2.05) is 5.38 Å². The van der Waals surface area contributed by atoms with E-state index in [-0.39, 0.29) is 35.9 Å². The van der Waals surface area contributed by atoms with Gasteiger partial charge in [-0.1, -0.05) is 32.9 Å². The molecule has 0 aliphatic heterocycles. The van der Waals surface area contributed by atoms with Crippen LogP contribution in [0.15, 0.2) is 47.8 Å². The Balaban J connectivity index is 1.58. The summed E-state index contributed by atoms with van der Waals surface area (Å²) in [6, 6.07) is 10.1. The minimum atomic E-state index is -0.608. The second-order valence-electron chi connectivity index (χ2n) is 7.68. The molecule has 1 amide bonds. The molecule has 0 unspecified atom stereocenters. The number of halogens is 2. The van der Waals surface area contributed by atoms with E-state index in [4.69, 9.17) is 4.74 Å². The lowest BCUT2D eigenvalue weighted by Gasteiger charge is -2.13. The molecule has 4 nitrogen and oxygen atoms in total. The average Bonchev–Trinajstić information content (AvgIpc) is 3.10. The first-order valence-corrected chi connectivity index (χ1v) is 10.0. The molecule has 3 rings (SSSR count). The molecule has 0 radical (unpaired) electrons. The molecule has 29 heavy (non-hydrogen) atoms. The van der Waals surface area contributed by atoms with Gasteiger partial charge in [-0.25, -0.2) is 13.8 Å². The predicted octanol–water partition coefficient (Wildman–Crippen LogP) is 5.48. The molecule has 0 aliphatic carbocycles. The molecule has 0 saturated heterocycles. The topological polar surface area (TPSA) is 51.2 Å². The summed E-state index contributed by atoms with van der Waals surface area (Å²) in [4.78, 5) is 16.7. The van der Waals surface area contributed by atoms with Crippen molar-refractivity contribution < 1.29 is 18.3 Å². The summed E-state index contributed by atoms with van der Waals surface area (Å²) in [5.74, 6) is -1.23. The predicted molar refractivity (Wildman–Crippen MR) is 110 cm³/mol. The van der Waals surface area contributed by atoms with Gasteiger partial charge in [-0.15, -0.1) is 11.3 Å². The highest BCUT2D eigenvalue weighted by Crippen LogP contribution is 2.26. The molecule has 0 atom stereocenters. The quantitative estimate of drug-likeness (QED) is 0.579. The van der Waals surface area contributed by atoms with Crippen molar-refractivity contribution in [2.45, 2.75) is 39.2 Å². The first-order chi connectivity index (χ1) is 13.7. The lowest BCUT2D eigenvalue weighted by molar-refractivity contribution is -0.115. The van der Waals surface area contributed by atoms with Crippen LogP contribution in [0.3, 0.4) is 0 Å². The Kier molecular flexibility index (Phi) is 6.27. The van der Waals surface area contributed by atoms with Gasteiger partial charge in [0.15, 0.2) is 11.6 Å². The first-order valence-electron chi connectivity index (χ1n) is 9.12. The molecule has 7 heteroatoms. The summed E-state index contributed by atoms with van der Waals surface area (Å²) in [5, 5.41) is 5.50. The highest BCUT2D eigenvalue weighted by atomic mass is 32.1. The summed E-state index contributed by atoms with van der Waals surface area (Å²) in [7, 11) is 0. The van der Waals surface area contributed by atoms with Crippen LogP contribution in [0.2, 0.25) is 0 Å². The van der Waals surface area contributed by atoms with Crippen molar-refractivity contribution >= 4 is 22.9 Å². The Bertz CT molecular complexity index is 1010. The Hall–Kier alpha value is -2.80. The Morgan fingerprint density at radius 1 is 1.17 bits per heavy atom. The number of benzene rings is 2. The summed E-state index contributed by atoms with van der Waals surface area (Å²) < 4.78 is 32.9. The molecule has 1 N–H and O–H groups in total. The summed E-state index contributed by atoms with van der Waals surface area (Å²) in [6.45, 7) is 6.24. The van der Waals surface area contributed by atoms with Gasteiger partial charge in [0.25, 0.3) is 0 Å². The Morgan fingerprint density at radius 3 is 2.62 bits per heavy atom. The lowest BCUT2D eigenvalue weighted by atomic mass is 9.98. The van der Waals surface area contributed by atoms with Gasteiger partial charge in [-0.3, -0.25) is 4.79 Å². The maximum Gasteiger partial charge on any atom is 0.230 e. The van der Waals surface area contributed by atoms with E-state index >= 15 is 0 Å². The van der Waals surface area contributed by atoms with E-state index in [0.29, 0.717) is 16.9 Å². The van der Waals surface area contributed by atoms with Crippen LogP contribution in [0.5, 0.6) is 5.75 Å². The van der Waals surface area contributed by atoms with Crippen LogP contribution in [-0.2, 0) is 23.2 Å². The third-order valence-electron chi connectivity index (χ3n) is 4.03. The number of anilines is 1. The number of amides is 1. The van der Waals surface area contributed by atoms with Gasteiger partial charge in [0.1, 0.15) is 12.4 Å². The van der Waals surface area contributed by atoms with Crippen LogP contribution in [-0.4, -0.2) is 10.9 Å². The van der Waals surface area contributed by atoms with E-state index in [9.17, 15) is 13.6 Å². The van der Waals surface area contributed by atoms with Crippen molar-refractivity contribution in [1.82, 2.24) is 4.98 Å². The second-order valence-corrected chi connectivity index (χ2v) is 8.54. The van der Waals surface area contributed by atoms with Crippen molar-refractivity contribution in [3.63, 3.8) is 0 Å². The fourth-order valence-electron chi connectivity index (χ4n) is 2.59. The zero-order valence-corrected chi connectivity index (χ0v) is 17.3. The second kappa shape index (κ2) is 8.69. The highest BCUT2D eigenvalue weighted by molar-refractivity contribution is 7.09. The minimum absolute atomic E-state index is 0.0292. The van der Waals surface area contributed by atoms with Crippen molar-refractivity contribution in [2.24, 2.45) is 0 Å². The molecule has 2 aromatic carbocycles. The van der Waals surface area contributed by atoms with Crippen LogP contribution in [0, 0.1) is 11.6 Å². The van der Waals surface area contributed by atoms with Crippen molar-refractivity contribution in [2.75, 3.05) is 5.32 Å². The smallest absolute Gasteiger partial charge is 0.230 e. The van der Waals surface area contributed by atoms with Gasteiger partial charge >= 0.3 is 0 Å². The summed E-state index contributed by atoms with van der Waals surface area (Å²) >= 11 is 1.52. The van der Waals surface area contributed by atoms with Crippen molar-refractivity contribution in [1.29, 1.82) is 0 Å². The molecule has 0 bridgehead atoms. The van der Waals surface area contributed by atoms with Crippen LogP contribution in [0.4, 0.5) is 14.5 Å². The number of nitrogens with zero attached hydrogens (tertiary/aromatic N) is 1. The highest BCUT2D eigenvalue weighted by Gasteiger charge is 2.19. The lowest BCUT2D eigenvalue weighted by Crippen LogP contribution is -2.16. The van der Waals surface area contributed by atoms with E-state index in [2.05, 4.69) is 31.1 Å². The molecule has 1 heterocycles. The van der Waals surface area contributed by atoms with Gasteiger partial charge in [-0.05, 0) is 29.8 Å². The van der Waals surface area contributed by atoms with Crippen LogP contribution in [0.25, 0.3) is 0 Å². The molecular weight excluding hydrogens is 394 g/mol. The number of carbonyl (C=O) groups is 1. The van der Waals surface area contributed by atoms with Crippen LogP contribution >= 0.6 is 11.3 Å². The number of thiazole rings is 1. The fourth-order valence-corrected chi connectivity index (χ4v) is 3.49. The number of ether oxygens (including phenoxy) is 1. The molecule has 1 aromatic heterocycles. The third-order valence-corrected chi connectivity index (χ3v) is 5.35. The number of nitrogens with one attached hydrogen (secondary N) is 1. The van der Waals surface area contributed by atoms with E-state index in [1.165, 1.54) is 35.6 Å². The maximum atomic E-state index is 14.3.